The first-order valence-electron chi connectivity index (χ1n) is 11.3. The van der Waals surface area contributed by atoms with Crippen LogP contribution in [0.5, 0.6) is 0 Å². The lowest BCUT2D eigenvalue weighted by Gasteiger charge is -2.52. The van der Waals surface area contributed by atoms with Crippen LogP contribution in [-0.4, -0.2) is 58.8 Å². The zero-order valence-corrected chi connectivity index (χ0v) is 18.9. The molecule has 1 aliphatic carbocycles. The van der Waals surface area contributed by atoms with E-state index in [0.29, 0.717) is 19.5 Å². The molecule has 7 heteroatoms. The van der Waals surface area contributed by atoms with Gasteiger partial charge < -0.3 is 20.1 Å². The van der Waals surface area contributed by atoms with Crippen molar-refractivity contribution < 1.29 is 19.4 Å². The highest BCUT2D eigenvalue weighted by Crippen LogP contribution is 2.40. The molecule has 0 unspecified atom stereocenters. The summed E-state index contributed by atoms with van der Waals surface area (Å²) in [6.45, 7) is 5.42. The zero-order chi connectivity index (χ0) is 21.4. The molecule has 2 aliphatic heterocycles. The highest BCUT2D eigenvalue weighted by molar-refractivity contribution is 7.12. The van der Waals surface area contributed by atoms with E-state index in [0.717, 1.165) is 49.0 Å². The van der Waals surface area contributed by atoms with Crippen LogP contribution < -0.4 is 5.32 Å². The van der Waals surface area contributed by atoms with Gasteiger partial charge in [-0.15, -0.1) is 11.3 Å². The molecule has 0 aromatic carbocycles. The standard InChI is InChI=1S/C23H34N2O4S/c1-16-8-13-30-19(16)21(28)25-11-9-23(10-12-25)15-22(2,18(26)14-29-23)24-20(27)17-6-4-3-5-7-17/h8,13,17-18,26H,3-7,9-12,14-15H2,1-2H3,(H,24,27)/t18-,22-/m0/s1. The Kier molecular flexibility index (Phi) is 6.24. The van der Waals surface area contributed by atoms with Crippen molar-refractivity contribution in [2.24, 2.45) is 5.92 Å². The van der Waals surface area contributed by atoms with Crippen LogP contribution in [-0.2, 0) is 9.53 Å². The Morgan fingerprint density at radius 2 is 1.93 bits per heavy atom. The summed E-state index contributed by atoms with van der Waals surface area (Å²) >= 11 is 1.50. The smallest absolute Gasteiger partial charge is 0.264 e. The number of hydrogen-bond acceptors (Lipinski definition) is 5. The third-order valence-electron chi connectivity index (χ3n) is 7.38. The summed E-state index contributed by atoms with van der Waals surface area (Å²) in [4.78, 5) is 28.5. The Morgan fingerprint density at radius 3 is 2.57 bits per heavy atom. The van der Waals surface area contributed by atoms with Gasteiger partial charge in [0.15, 0.2) is 0 Å². The third kappa shape index (κ3) is 4.30. The highest BCUT2D eigenvalue weighted by atomic mass is 32.1. The summed E-state index contributed by atoms with van der Waals surface area (Å²) in [5, 5.41) is 15.8. The van der Waals surface area contributed by atoms with E-state index in [-0.39, 0.29) is 24.3 Å². The maximum absolute atomic E-state index is 12.9. The van der Waals surface area contributed by atoms with Crippen molar-refractivity contribution >= 4 is 23.2 Å². The number of aliphatic hydroxyl groups excluding tert-OH is 1. The fourth-order valence-corrected chi connectivity index (χ4v) is 6.22. The second-order valence-electron chi connectivity index (χ2n) is 9.65. The number of nitrogens with one attached hydrogen (secondary N) is 1. The van der Waals surface area contributed by atoms with Crippen LogP contribution in [0.3, 0.4) is 0 Å². The minimum Gasteiger partial charge on any atom is -0.388 e. The summed E-state index contributed by atoms with van der Waals surface area (Å²) in [6.07, 6.45) is 6.63. The number of likely N-dealkylation sites (tertiary alicyclic amines) is 1. The maximum Gasteiger partial charge on any atom is 0.264 e. The largest absolute Gasteiger partial charge is 0.388 e. The number of amides is 2. The molecule has 4 rings (SSSR count). The lowest BCUT2D eigenvalue weighted by molar-refractivity contribution is -0.180. The van der Waals surface area contributed by atoms with Gasteiger partial charge in [-0.05, 0) is 56.5 Å². The molecule has 2 atom stereocenters. The van der Waals surface area contributed by atoms with E-state index in [9.17, 15) is 14.7 Å². The van der Waals surface area contributed by atoms with Crippen molar-refractivity contribution in [2.75, 3.05) is 19.7 Å². The van der Waals surface area contributed by atoms with Crippen molar-refractivity contribution in [3.8, 4) is 0 Å². The van der Waals surface area contributed by atoms with Gasteiger partial charge in [0, 0.05) is 25.4 Å². The number of carbonyl (C=O) groups is 2. The van der Waals surface area contributed by atoms with E-state index >= 15 is 0 Å². The molecule has 2 N–H and O–H groups in total. The van der Waals surface area contributed by atoms with E-state index in [4.69, 9.17) is 4.74 Å². The molecule has 3 heterocycles. The van der Waals surface area contributed by atoms with Gasteiger partial charge in [0.1, 0.15) is 6.10 Å². The second-order valence-corrected chi connectivity index (χ2v) is 10.6. The number of aliphatic hydroxyl groups is 1. The predicted molar refractivity (Wildman–Crippen MR) is 117 cm³/mol. The van der Waals surface area contributed by atoms with Crippen molar-refractivity contribution in [3.63, 3.8) is 0 Å². The lowest BCUT2D eigenvalue weighted by Crippen LogP contribution is -2.66. The number of rotatable bonds is 3. The number of ether oxygens (including phenoxy) is 1. The molecule has 2 saturated heterocycles. The Balaban J connectivity index is 1.39. The summed E-state index contributed by atoms with van der Waals surface area (Å²) < 4.78 is 6.15. The number of aryl methyl sites for hydroxylation is 1. The minimum atomic E-state index is -0.718. The molecular weight excluding hydrogens is 400 g/mol. The van der Waals surface area contributed by atoms with Gasteiger partial charge in [-0.2, -0.15) is 0 Å². The second kappa shape index (κ2) is 8.60. The minimum absolute atomic E-state index is 0.0649. The van der Waals surface area contributed by atoms with Crippen LogP contribution in [0.25, 0.3) is 0 Å². The number of thiophene rings is 1. The van der Waals surface area contributed by atoms with Crippen LogP contribution in [0.2, 0.25) is 0 Å². The van der Waals surface area contributed by atoms with Crippen LogP contribution in [0, 0.1) is 12.8 Å². The third-order valence-corrected chi connectivity index (χ3v) is 8.38. The summed E-state index contributed by atoms with van der Waals surface area (Å²) in [5.74, 6) is 0.241. The van der Waals surface area contributed by atoms with Gasteiger partial charge in [-0.25, -0.2) is 0 Å². The van der Waals surface area contributed by atoms with Crippen molar-refractivity contribution in [1.29, 1.82) is 0 Å². The van der Waals surface area contributed by atoms with Crippen LogP contribution in [0.15, 0.2) is 11.4 Å². The quantitative estimate of drug-likeness (QED) is 0.765. The summed E-state index contributed by atoms with van der Waals surface area (Å²) in [6, 6.07) is 1.98. The molecule has 1 aromatic rings. The average Bonchev–Trinajstić information content (AvgIpc) is 3.17. The fourth-order valence-electron chi connectivity index (χ4n) is 5.33. The van der Waals surface area contributed by atoms with Gasteiger partial charge in [0.25, 0.3) is 5.91 Å². The number of hydrogen-bond donors (Lipinski definition) is 2. The molecule has 0 bridgehead atoms. The molecule has 1 spiro atoms. The Hall–Kier alpha value is -1.44. The van der Waals surface area contributed by atoms with E-state index < -0.39 is 17.2 Å². The lowest BCUT2D eigenvalue weighted by atomic mass is 9.74. The van der Waals surface area contributed by atoms with Gasteiger partial charge in [-0.3, -0.25) is 9.59 Å². The van der Waals surface area contributed by atoms with Gasteiger partial charge in [-0.1, -0.05) is 19.3 Å². The Morgan fingerprint density at radius 1 is 1.23 bits per heavy atom. The predicted octanol–water partition coefficient (Wildman–Crippen LogP) is 3.27. The number of piperidine rings is 1. The first-order valence-corrected chi connectivity index (χ1v) is 12.2. The van der Waals surface area contributed by atoms with Crippen LogP contribution in [0.1, 0.15) is 73.5 Å². The summed E-state index contributed by atoms with van der Waals surface area (Å²) in [5.41, 5.74) is -0.0568. The van der Waals surface area contributed by atoms with Gasteiger partial charge in [0.05, 0.1) is 22.6 Å². The molecule has 30 heavy (non-hydrogen) atoms. The van der Waals surface area contributed by atoms with E-state index in [1.54, 1.807) is 0 Å². The Bertz CT molecular complexity index is 780. The molecule has 0 radical (unpaired) electrons. The van der Waals surface area contributed by atoms with Crippen molar-refractivity contribution in [1.82, 2.24) is 10.2 Å². The zero-order valence-electron chi connectivity index (χ0n) is 18.1. The van der Waals surface area contributed by atoms with Crippen molar-refractivity contribution in [3.05, 3.63) is 21.9 Å². The maximum atomic E-state index is 12.9. The first kappa shape index (κ1) is 21.8. The molecule has 166 valence electrons. The van der Waals surface area contributed by atoms with Gasteiger partial charge in [0.2, 0.25) is 5.91 Å². The number of carbonyl (C=O) groups excluding carboxylic acids is 2. The normalized spacial score (nSPS) is 29.7. The van der Waals surface area contributed by atoms with Gasteiger partial charge >= 0.3 is 0 Å². The molecule has 2 amide bonds. The SMILES string of the molecule is Cc1ccsc1C(=O)N1CCC2(CC1)C[C@](C)(NC(=O)C1CCCCC1)[C@@H](O)CO2. The monoisotopic (exact) mass is 434 g/mol. The average molecular weight is 435 g/mol. The first-order chi connectivity index (χ1) is 14.3. The Labute approximate surface area is 183 Å². The van der Waals surface area contributed by atoms with E-state index in [2.05, 4.69) is 5.32 Å². The molecule has 3 fully saturated rings. The molecular formula is C23H34N2O4S. The van der Waals surface area contributed by atoms with Crippen molar-refractivity contribution in [2.45, 2.75) is 82.5 Å². The molecule has 1 saturated carbocycles. The van der Waals surface area contributed by atoms with E-state index in [1.165, 1.54) is 17.8 Å². The highest BCUT2D eigenvalue weighted by Gasteiger charge is 2.51. The fraction of sp³-hybridized carbons (Fsp3) is 0.739. The molecule has 6 nitrogen and oxygen atoms in total. The summed E-state index contributed by atoms with van der Waals surface area (Å²) in [7, 11) is 0. The number of nitrogens with zero attached hydrogens (tertiary/aromatic N) is 1. The molecule has 1 aromatic heterocycles. The topological polar surface area (TPSA) is 78.9 Å². The molecule has 3 aliphatic rings. The van der Waals surface area contributed by atoms with Crippen LogP contribution in [0.4, 0.5) is 0 Å². The van der Waals surface area contributed by atoms with Crippen LogP contribution >= 0.6 is 11.3 Å². The van der Waals surface area contributed by atoms with E-state index in [1.807, 2.05) is 30.2 Å².